The van der Waals surface area contributed by atoms with E-state index in [2.05, 4.69) is 36.4 Å². The van der Waals surface area contributed by atoms with Gasteiger partial charge in [-0.05, 0) is 113 Å². The highest BCUT2D eigenvalue weighted by Crippen LogP contribution is 3.01. The van der Waals surface area contributed by atoms with Gasteiger partial charge in [0.1, 0.15) is 11.5 Å². The average Bonchev–Trinajstić information content (AvgIpc) is 4.08. The first-order valence-corrected chi connectivity index (χ1v) is 22.7. The van der Waals surface area contributed by atoms with Gasteiger partial charge in [0, 0.05) is 83.8 Å². The van der Waals surface area contributed by atoms with Crippen molar-refractivity contribution in [1.29, 1.82) is 0 Å². The van der Waals surface area contributed by atoms with Crippen molar-refractivity contribution >= 4 is 33.5 Å². The molecule has 0 saturated heterocycles. The Morgan fingerprint density at radius 2 is 0.934 bits per heavy atom. The van der Waals surface area contributed by atoms with E-state index in [0.717, 1.165) is 41.5 Å². The predicted molar refractivity (Wildman–Crippen MR) is 224 cm³/mol. The number of hydrogen-bond donors (Lipinski definition) is 0. The van der Waals surface area contributed by atoms with Gasteiger partial charge in [0.15, 0.2) is 0 Å². The second-order valence-electron chi connectivity index (χ2n) is 21.0. The highest BCUT2D eigenvalue weighted by atomic mass is 16.5. The second kappa shape index (κ2) is 12.1. The van der Waals surface area contributed by atoms with Crippen LogP contribution in [0, 0.1) is 92.7 Å². The molecule has 0 unspecified atom stereocenters. The van der Waals surface area contributed by atoms with E-state index in [-0.39, 0.29) is 57.3 Å². The SMILES string of the molecule is COC[C@@]12[C@H]3[C@H]4C[C@H]([C@@H]5C(C(=O)OC)=C(C(=O)OC)[C@H]45)[C@H]3[C@]1(COC)[C@@H]1[C@H]2[C@@H]2C[C@H]1[C@]1(COC)[C@H]3[C@H]([C@H]4C[C@@H]3c3c4c(OC)c4cc5ccccc5cc4c3OC)[C@]21COC. The van der Waals surface area contributed by atoms with Crippen molar-refractivity contribution in [1.82, 2.24) is 0 Å². The van der Waals surface area contributed by atoms with E-state index in [4.69, 9.17) is 37.9 Å². The van der Waals surface area contributed by atoms with Crippen LogP contribution < -0.4 is 9.47 Å². The molecule has 322 valence electrons. The molecule has 0 heterocycles. The van der Waals surface area contributed by atoms with E-state index in [1.54, 1.807) is 0 Å². The van der Waals surface area contributed by atoms with Gasteiger partial charge in [-0.15, -0.1) is 0 Å². The van der Waals surface area contributed by atoms with Crippen LogP contribution in [0.15, 0.2) is 47.5 Å². The third-order valence-electron chi connectivity index (χ3n) is 20.9. The lowest BCUT2D eigenvalue weighted by molar-refractivity contribution is -0.454. The van der Waals surface area contributed by atoms with Crippen molar-refractivity contribution in [3.63, 3.8) is 0 Å². The normalized spacial score (nSPS) is 46.0. The van der Waals surface area contributed by atoms with Crippen LogP contribution in [0.5, 0.6) is 11.5 Å². The molecule has 10 nitrogen and oxygen atoms in total. The number of ether oxygens (including phenoxy) is 8. The molecular formula is C51H58O10. The number of carbonyl (C=O) groups excluding carboxylic acids is 2. The molecule has 0 aliphatic heterocycles. The van der Waals surface area contributed by atoms with Gasteiger partial charge >= 0.3 is 11.9 Å². The minimum Gasteiger partial charge on any atom is -0.496 e. The lowest BCUT2D eigenvalue weighted by atomic mass is 9.14. The fourth-order valence-electron chi connectivity index (χ4n) is 20.9. The van der Waals surface area contributed by atoms with E-state index < -0.39 is 0 Å². The molecule has 8 fully saturated rings. The molecule has 13 rings (SSSR count). The molecule has 0 radical (unpaired) electrons. The van der Waals surface area contributed by atoms with Gasteiger partial charge in [0.05, 0.1) is 66.0 Å². The third-order valence-corrected chi connectivity index (χ3v) is 20.9. The van der Waals surface area contributed by atoms with Crippen LogP contribution >= 0.6 is 0 Å². The molecule has 61 heavy (non-hydrogen) atoms. The zero-order chi connectivity index (χ0) is 41.9. The maximum absolute atomic E-state index is 13.5. The Morgan fingerprint density at radius 1 is 0.525 bits per heavy atom. The van der Waals surface area contributed by atoms with Gasteiger partial charge in [0.25, 0.3) is 0 Å². The average molecular weight is 831 g/mol. The Kier molecular flexibility index (Phi) is 7.50. The number of fused-ring (bicyclic) bond motifs is 33. The fraction of sp³-hybridized carbons (Fsp3) is 0.647. The van der Waals surface area contributed by atoms with Crippen LogP contribution in [-0.2, 0) is 38.0 Å². The van der Waals surface area contributed by atoms with Gasteiger partial charge in [-0.1, -0.05) is 24.3 Å². The Labute approximate surface area is 357 Å². The molecule has 3 aromatic rings. The highest BCUT2D eigenvalue weighted by molar-refractivity contribution is 6.06. The molecule has 0 amide bonds. The predicted octanol–water partition coefficient (Wildman–Crippen LogP) is 7.05. The van der Waals surface area contributed by atoms with Crippen LogP contribution in [0.2, 0.25) is 0 Å². The zero-order valence-electron chi connectivity index (χ0n) is 36.6. The fourth-order valence-corrected chi connectivity index (χ4v) is 20.9. The van der Waals surface area contributed by atoms with Gasteiger partial charge in [-0.25, -0.2) is 9.59 Å². The van der Waals surface area contributed by atoms with E-state index in [1.807, 2.05) is 42.7 Å². The van der Waals surface area contributed by atoms with Crippen LogP contribution in [0.3, 0.4) is 0 Å². The summed E-state index contributed by atoms with van der Waals surface area (Å²) in [7, 11) is 14.2. The molecular weight excluding hydrogens is 773 g/mol. The molecule has 10 aliphatic carbocycles. The van der Waals surface area contributed by atoms with Crippen LogP contribution in [-0.4, -0.2) is 95.2 Å². The van der Waals surface area contributed by atoms with Crippen LogP contribution in [0.1, 0.15) is 42.2 Å². The zero-order valence-corrected chi connectivity index (χ0v) is 36.6. The first-order valence-electron chi connectivity index (χ1n) is 22.7. The summed E-state index contributed by atoms with van der Waals surface area (Å²) in [6.45, 7) is 2.78. The second-order valence-corrected chi connectivity index (χ2v) is 21.0. The van der Waals surface area contributed by atoms with Crippen molar-refractivity contribution in [2.75, 3.05) is 83.3 Å². The molecule has 0 spiro atoms. The summed E-state index contributed by atoms with van der Waals surface area (Å²) in [5, 5.41) is 4.65. The molecule has 18 atom stereocenters. The molecule has 0 N–H and O–H groups in total. The van der Waals surface area contributed by atoms with Crippen molar-refractivity contribution in [3.8, 4) is 11.5 Å². The number of carbonyl (C=O) groups is 2. The summed E-state index contributed by atoms with van der Waals surface area (Å²) >= 11 is 0. The topological polar surface area (TPSA) is 108 Å². The molecule has 6 bridgehead atoms. The highest BCUT2D eigenvalue weighted by Gasteiger charge is 3.00. The van der Waals surface area contributed by atoms with Gasteiger partial charge in [-0.2, -0.15) is 0 Å². The first kappa shape index (κ1) is 37.8. The van der Waals surface area contributed by atoms with Crippen molar-refractivity contribution in [3.05, 3.63) is 58.7 Å². The largest absolute Gasteiger partial charge is 0.496 e. The summed E-state index contributed by atoms with van der Waals surface area (Å²) in [4.78, 5) is 26.9. The number of rotatable bonds is 12. The van der Waals surface area contributed by atoms with E-state index in [0.29, 0.717) is 96.8 Å². The maximum Gasteiger partial charge on any atom is 0.334 e. The standard InChI is InChI=1S/C51H58O10/c1-54-18-48-30-17-31(43-42(30)50(20-56-3)40-26-15-27(41(40)51(43,50)21-57-4)33-32(26)36(46(52)60-7)37(33)47(53)61-8)49(48,19-55-2)39-29-16-28(38(39)48)34-35(29)45(59-6)25-14-23-12-10-9-11-22(23)13-24(25)44(34)58-5/h9-14,26-33,38-43H,15-21H2,1-8H3/t26-,27+,28-,29+,30-,31+,32+,33-,38-,39+,40-,41+,42+,43-,48-,49+,50-,51+. The molecule has 10 aliphatic rings. The van der Waals surface area contributed by atoms with Crippen molar-refractivity contribution in [2.45, 2.75) is 31.1 Å². The summed E-state index contributed by atoms with van der Waals surface area (Å²) in [5.74, 6) is 5.87. The Balaban J connectivity index is 0.989. The van der Waals surface area contributed by atoms with Crippen molar-refractivity contribution in [2.24, 2.45) is 92.7 Å². The Morgan fingerprint density at radius 3 is 1.31 bits per heavy atom. The number of benzene rings is 3. The monoisotopic (exact) mass is 830 g/mol. The summed E-state index contributed by atoms with van der Waals surface area (Å²) < 4.78 is 49.9. The Hall–Kier alpha value is -3.70. The third kappa shape index (κ3) is 3.52. The number of hydrogen-bond acceptors (Lipinski definition) is 10. The lowest BCUT2D eigenvalue weighted by Crippen LogP contribution is -2.90. The summed E-state index contributed by atoms with van der Waals surface area (Å²) in [6.07, 6.45) is 3.25. The summed E-state index contributed by atoms with van der Waals surface area (Å²) in [6, 6.07) is 13.2. The first-order chi connectivity index (χ1) is 29.7. The Bertz CT molecular complexity index is 2350. The van der Waals surface area contributed by atoms with E-state index >= 15 is 0 Å². The van der Waals surface area contributed by atoms with Crippen LogP contribution in [0.25, 0.3) is 21.5 Å². The number of esters is 2. The lowest BCUT2D eigenvalue weighted by Gasteiger charge is -2.90. The minimum atomic E-state index is -0.381. The van der Waals surface area contributed by atoms with Crippen molar-refractivity contribution < 1.29 is 47.5 Å². The molecule has 8 saturated carbocycles. The summed E-state index contributed by atoms with van der Waals surface area (Å²) in [5.41, 5.74) is 3.48. The van der Waals surface area contributed by atoms with Gasteiger partial charge in [-0.3, -0.25) is 0 Å². The number of methoxy groups -OCH3 is 8. The molecule has 3 aromatic carbocycles. The minimum absolute atomic E-state index is 0.0183. The maximum atomic E-state index is 13.5. The smallest absolute Gasteiger partial charge is 0.334 e. The molecule has 10 heteroatoms. The van der Waals surface area contributed by atoms with Crippen LogP contribution in [0.4, 0.5) is 0 Å². The van der Waals surface area contributed by atoms with Gasteiger partial charge < -0.3 is 37.9 Å². The van der Waals surface area contributed by atoms with Gasteiger partial charge in [0.2, 0.25) is 0 Å². The van der Waals surface area contributed by atoms with E-state index in [1.165, 1.54) is 36.1 Å². The quantitative estimate of drug-likeness (QED) is 0.0816. The van der Waals surface area contributed by atoms with E-state index in [9.17, 15) is 9.59 Å². The molecule has 0 aromatic heterocycles.